The Morgan fingerprint density at radius 3 is 1.19 bits per heavy atom. The standard InChI is InChI=1S/C27H49N3O12/c28-4-7-34-9-11-36-13-15-38-17-19-40-21-23-42-24-22-41-20-18-39-16-14-37-12-10-35-8-5-29-25(31)3-6-30-26(32)1-2-27(30)33/h1-2H,3-24,28H2,(H,29,31). The van der Waals surface area contributed by atoms with Crippen LogP contribution in [0.25, 0.3) is 0 Å². The zero-order valence-corrected chi connectivity index (χ0v) is 24.6. The number of nitrogens with two attached hydrogens (primary N) is 1. The molecular formula is C27H49N3O12. The van der Waals surface area contributed by atoms with Crippen LogP contribution in [0, 0.1) is 0 Å². The number of hydrogen-bond donors (Lipinski definition) is 2. The van der Waals surface area contributed by atoms with E-state index in [1.54, 1.807) is 0 Å². The predicted octanol–water partition coefficient (Wildman–Crippen LogP) is -1.47. The highest BCUT2D eigenvalue weighted by Gasteiger charge is 2.23. The van der Waals surface area contributed by atoms with Crippen molar-refractivity contribution in [1.82, 2.24) is 10.2 Å². The summed E-state index contributed by atoms with van der Waals surface area (Å²) in [4.78, 5) is 35.6. The predicted molar refractivity (Wildman–Crippen MR) is 150 cm³/mol. The van der Waals surface area contributed by atoms with Gasteiger partial charge in [0.1, 0.15) is 0 Å². The number of rotatable bonds is 32. The van der Waals surface area contributed by atoms with Gasteiger partial charge in [-0.2, -0.15) is 0 Å². The fraction of sp³-hybridized carbons (Fsp3) is 0.815. The van der Waals surface area contributed by atoms with E-state index in [0.717, 1.165) is 4.90 Å². The van der Waals surface area contributed by atoms with Crippen LogP contribution in [-0.4, -0.2) is 161 Å². The number of hydrogen-bond acceptors (Lipinski definition) is 13. The molecule has 0 aromatic carbocycles. The number of amides is 3. The zero-order valence-electron chi connectivity index (χ0n) is 24.6. The van der Waals surface area contributed by atoms with Crippen molar-refractivity contribution >= 4 is 17.7 Å². The molecule has 15 heteroatoms. The number of carbonyl (C=O) groups excluding carboxylic acids is 3. The van der Waals surface area contributed by atoms with Crippen molar-refractivity contribution in [3.05, 3.63) is 12.2 Å². The molecule has 0 aliphatic carbocycles. The van der Waals surface area contributed by atoms with Crippen molar-refractivity contribution in [2.75, 3.05) is 139 Å². The first kappa shape index (κ1) is 38.0. The van der Waals surface area contributed by atoms with Gasteiger partial charge in [-0.25, -0.2) is 0 Å². The molecular weight excluding hydrogens is 558 g/mol. The first-order valence-electron chi connectivity index (χ1n) is 14.3. The number of ether oxygens (including phenoxy) is 9. The van der Waals surface area contributed by atoms with Gasteiger partial charge in [0.15, 0.2) is 0 Å². The molecule has 0 atom stereocenters. The highest BCUT2D eigenvalue weighted by atomic mass is 16.6. The molecule has 1 heterocycles. The van der Waals surface area contributed by atoms with Crippen molar-refractivity contribution in [3.63, 3.8) is 0 Å². The Kier molecular flexibility index (Phi) is 26.3. The number of imide groups is 1. The van der Waals surface area contributed by atoms with Gasteiger partial charge in [0.05, 0.1) is 119 Å². The lowest BCUT2D eigenvalue weighted by molar-refractivity contribution is -0.137. The van der Waals surface area contributed by atoms with Crippen LogP contribution >= 0.6 is 0 Å². The summed E-state index contributed by atoms with van der Waals surface area (Å²) in [7, 11) is 0. The molecule has 0 spiro atoms. The maximum Gasteiger partial charge on any atom is 0.253 e. The van der Waals surface area contributed by atoms with E-state index in [2.05, 4.69) is 5.32 Å². The lowest BCUT2D eigenvalue weighted by Crippen LogP contribution is -2.35. The molecule has 1 aliphatic heterocycles. The number of carbonyl (C=O) groups is 3. The Labute approximate surface area is 248 Å². The number of nitrogens with zero attached hydrogens (tertiary/aromatic N) is 1. The molecule has 0 aromatic heterocycles. The monoisotopic (exact) mass is 607 g/mol. The summed E-state index contributed by atoms with van der Waals surface area (Å²) >= 11 is 0. The highest BCUT2D eigenvalue weighted by molar-refractivity contribution is 6.13. The average molecular weight is 608 g/mol. The lowest BCUT2D eigenvalue weighted by atomic mass is 10.3. The van der Waals surface area contributed by atoms with Gasteiger partial charge in [-0.1, -0.05) is 0 Å². The van der Waals surface area contributed by atoms with Crippen LogP contribution in [0.3, 0.4) is 0 Å². The van der Waals surface area contributed by atoms with Gasteiger partial charge in [0, 0.05) is 38.2 Å². The van der Waals surface area contributed by atoms with E-state index in [-0.39, 0.29) is 18.9 Å². The van der Waals surface area contributed by atoms with Gasteiger partial charge in [-0.3, -0.25) is 19.3 Å². The first-order valence-corrected chi connectivity index (χ1v) is 14.3. The molecule has 0 fully saturated rings. The lowest BCUT2D eigenvalue weighted by Gasteiger charge is -2.13. The molecule has 3 amide bonds. The van der Waals surface area contributed by atoms with Crippen molar-refractivity contribution in [2.24, 2.45) is 5.73 Å². The van der Waals surface area contributed by atoms with E-state index >= 15 is 0 Å². The summed E-state index contributed by atoms with van der Waals surface area (Å²) in [5.74, 6) is -1.04. The molecule has 0 bridgehead atoms. The van der Waals surface area contributed by atoms with Crippen LogP contribution in [0.5, 0.6) is 0 Å². The van der Waals surface area contributed by atoms with Crippen LogP contribution in [0.2, 0.25) is 0 Å². The molecule has 42 heavy (non-hydrogen) atoms. The molecule has 0 saturated carbocycles. The molecule has 15 nitrogen and oxygen atoms in total. The van der Waals surface area contributed by atoms with Crippen molar-refractivity contribution < 1.29 is 57.0 Å². The third kappa shape index (κ3) is 23.5. The first-order chi connectivity index (χ1) is 20.6. The van der Waals surface area contributed by atoms with E-state index in [1.165, 1.54) is 12.2 Å². The van der Waals surface area contributed by atoms with Gasteiger partial charge in [-0.05, 0) is 0 Å². The Morgan fingerprint density at radius 2 is 0.857 bits per heavy atom. The van der Waals surface area contributed by atoms with E-state index in [1.807, 2.05) is 0 Å². The van der Waals surface area contributed by atoms with Crippen molar-refractivity contribution in [1.29, 1.82) is 0 Å². The molecule has 0 radical (unpaired) electrons. The molecule has 244 valence electrons. The van der Waals surface area contributed by atoms with E-state index < -0.39 is 11.8 Å². The SMILES string of the molecule is NCCOCCOCCOCCOCCOCCOCCOCCOCCOCCNC(=O)CCN1C(=O)C=CC1=O. The van der Waals surface area contributed by atoms with Crippen LogP contribution in [0.1, 0.15) is 6.42 Å². The van der Waals surface area contributed by atoms with Gasteiger partial charge in [0.25, 0.3) is 11.8 Å². The minimum atomic E-state index is -0.395. The Balaban J connectivity index is 1.67. The second-order valence-corrected chi connectivity index (χ2v) is 8.56. The third-order valence-electron chi connectivity index (χ3n) is 5.27. The van der Waals surface area contributed by atoms with E-state index in [4.69, 9.17) is 48.4 Å². The molecule has 0 aromatic rings. The average Bonchev–Trinajstić information content (AvgIpc) is 3.31. The topological polar surface area (TPSA) is 176 Å². The molecule has 0 saturated heterocycles. The van der Waals surface area contributed by atoms with Gasteiger partial charge in [-0.15, -0.1) is 0 Å². The third-order valence-corrected chi connectivity index (χ3v) is 5.27. The molecule has 0 unspecified atom stereocenters. The fourth-order valence-electron chi connectivity index (χ4n) is 3.16. The summed E-state index contributed by atoms with van der Waals surface area (Å²) < 4.78 is 48.5. The van der Waals surface area contributed by atoms with Crippen LogP contribution in [-0.2, 0) is 57.0 Å². The summed E-state index contributed by atoms with van der Waals surface area (Å²) in [6.45, 7) is 9.49. The van der Waals surface area contributed by atoms with Crippen molar-refractivity contribution in [3.8, 4) is 0 Å². The summed E-state index contributed by atoms with van der Waals surface area (Å²) in [6, 6.07) is 0. The molecule has 1 aliphatic rings. The van der Waals surface area contributed by atoms with Crippen LogP contribution in [0.15, 0.2) is 12.2 Å². The maximum absolute atomic E-state index is 11.8. The second-order valence-electron chi connectivity index (χ2n) is 8.56. The van der Waals surface area contributed by atoms with Gasteiger partial charge in [0.2, 0.25) is 5.91 Å². The van der Waals surface area contributed by atoms with Crippen molar-refractivity contribution in [2.45, 2.75) is 6.42 Å². The highest BCUT2D eigenvalue weighted by Crippen LogP contribution is 2.03. The van der Waals surface area contributed by atoms with Crippen LogP contribution < -0.4 is 11.1 Å². The Morgan fingerprint density at radius 1 is 0.548 bits per heavy atom. The zero-order chi connectivity index (χ0) is 30.4. The second kappa shape index (κ2) is 29.0. The van der Waals surface area contributed by atoms with E-state index in [0.29, 0.717) is 132 Å². The Bertz CT molecular complexity index is 696. The number of nitrogens with one attached hydrogen (secondary N) is 1. The summed E-state index contributed by atoms with van der Waals surface area (Å²) in [5.41, 5.74) is 5.32. The summed E-state index contributed by atoms with van der Waals surface area (Å²) in [6.07, 6.45) is 2.44. The largest absolute Gasteiger partial charge is 0.378 e. The van der Waals surface area contributed by atoms with Gasteiger partial charge < -0.3 is 53.7 Å². The Hall–Kier alpha value is -2.05. The normalized spacial score (nSPS) is 13.0. The molecule has 3 N–H and O–H groups in total. The minimum Gasteiger partial charge on any atom is -0.378 e. The maximum atomic E-state index is 11.8. The fourth-order valence-corrected chi connectivity index (χ4v) is 3.16. The summed E-state index contributed by atoms with van der Waals surface area (Å²) in [5, 5.41) is 2.67. The smallest absolute Gasteiger partial charge is 0.253 e. The van der Waals surface area contributed by atoms with Gasteiger partial charge >= 0.3 is 0 Å². The van der Waals surface area contributed by atoms with E-state index in [9.17, 15) is 14.4 Å². The quantitative estimate of drug-likeness (QED) is 0.0670. The van der Waals surface area contributed by atoms with Crippen LogP contribution in [0.4, 0.5) is 0 Å². The molecule has 1 rings (SSSR count). The minimum absolute atomic E-state index is 0.0553.